The summed E-state index contributed by atoms with van der Waals surface area (Å²) < 4.78 is 39.4. The van der Waals surface area contributed by atoms with Gasteiger partial charge in [0.05, 0.1) is 16.1 Å². The molecule has 0 saturated heterocycles. The van der Waals surface area contributed by atoms with E-state index in [9.17, 15) is 23.1 Å². The van der Waals surface area contributed by atoms with Gasteiger partial charge in [0.2, 0.25) is 0 Å². The Kier molecular flexibility index (Phi) is 6.90. The summed E-state index contributed by atoms with van der Waals surface area (Å²) in [7, 11) is 0. The van der Waals surface area contributed by atoms with Gasteiger partial charge in [0.25, 0.3) is 11.9 Å². The van der Waals surface area contributed by atoms with E-state index in [2.05, 4.69) is 46.2 Å². The molecule has 1 aromatic carbocycles. The normalized spacial score (nSPS) is 16.6. The Morgan fingerprint density at radius 2 is 1.98 bits per heavy atom. The van der Waals surface area contributed by atoms with Crippen molar-refractivity contribution in [3.63, 3.8) is 0 Å². The van der Waals surface area contributed by atoms with Crippen LogP contribution in [0.4, 0.5) is 30.8 Å². The maximum atomic E-state index is 13.1. The number of nitrogens with one attached hydrogen (secondary N) is 3. The van der Waals surface area contributed by atoms with Crippen LogP contribution in [0, 0.1) is 6.92 Å². The number of hydrogen-bond donors (Lipinski definition) is 4. The van der Waals surface area contributed by atoms with Crippen molar-refractivity contribution in [2.24, 2.45) is 0 Å². The van der Waals surface area contributed by atoms with Crippen LogP contribution in [0.15, 0.2) is 54.9 Å². The average Bonchev–Trinajstić information content (AvgIpc) is 3.66. The van der Waals surface area contributed by atoms with Crippen LogP contribution in [0.1, 0.15) is 50.5 Å². The number of benzene rings is 1. The predicted molar refractivity (Wildman–Crippen MR) is 147 cm³/mol. The Balaban J connectivity index is 1.26. The van der Waals surface area contributed by atoms with Gasteiger partial charge < -0.3 is 10.4 Å². The lowest BCUT2D eigenvalue weighted by atomic mass is 9.79. The number of anilines is 3. The van der Waals surface area contributed by atoms with Crippen molar-refractivity contribution in [3.05, 3.63) is 87.7 Å². The Labute approximate surface area is 240 Å². The number of hydrogen-bond acceptors (Lipinski definition) is 10. The molecule has 11 nitrogen and oxygen atoms in total. The fraction of sp³-hybridized carbons (Fsp3) is 0.222. The minimum absolute atomic E-state index is 0.0114. The Bertz CT molecular complexity index is 1780. The van der Waals surface area contributed by atoms with E-state index in [1.165, 1.54) is 11.3 Å². The molecule has 214 valence electrons. The van der Waals surface area contributed by atoms with Crippen molar-refractivity contribution in [2.45, 2.75) is 38.0 Å². The second kappa shape index (κ2) is 10.6. The SMILES string of the molecule is Cc1cc(Nc2cc(C(F)(F)F)ccn2)nc(-c2cnc([C@@]3(O)CCCc4cc(C(=O)Nc5nn[nH]n5)ccc43)s2)c1. The second-order valence-electron chi connectivity index (χ2n) is 9.77. The Hall–Kier alpha value is -4.76. The van der Waals surface area contributed by atoms with E-state index in [0.717, 1.165) is 29.5 Å². The number of alkyl halides is 3. The topological polar surface area (TPSA) is 154 Å². The smallest absolute Gasteiger partial charge is 0.378 e. The van der Waals surface area contributed by atoms with E-state index < -0.39 is 23.2 Å². The van der Waals surface area contributed by atoms with E-state index >= 15 is 0 Å². The van der Waals surface area contributed by atoms with Crippen LogP contribution in [0.25, 0.3) is 10.6 Å². The third-order valence-corrected chi connectivity index (χ3v) is 7.96. The van der Waals surface area contributed by atoms with Crippen LogP contribution >= 0.6 is 11.3 Å². The molecule has 0 aliphatic heterocycles. The standard InChI is InChI=1S/C27H22F3N9O2S/c1-14-9-19(33-22(10-14)34-21-12-17(6-8-31-21)27(28,29)30)20-13-32-24(42-20)26(41)7-2-3-15-11-16(4-5-18(15)26)23(40)35-25-36-38-39-37-25/h4-6,8-13,41H,2-3,7H2,1H3,(H,31,33,34)(H2,35,36,37,38,39,40)/t26-/m1/s1. The molecule has 1 aliphatic rings. The molecule has 0 bridgehead atoms. The summed E-state index contributed by atoms with van der Waals surface area (Å²) in [4.78, 5) is 26.4. The number of rotatable bonds is 6. The summed E-state index contributed by atoms with van der Waals surface area (Å²) in [6.07, 6.45) is 0.00414. The third kappa shape index (κ3) is 5.43. The van der Waals surface area contributed by atoms with Crippen LogP contribution in [0.5, 0.6) is 0 Å². The minimum atomic E-state index is -4.50. The lowest BCUT2D eigenvalue weighted by molar-refractivity contribution is -0.137. The maximum Gasteiger partial charge on any atom is 0.416 e. The number of amides is 1. The molecule has 1 aliphatic carbocycles. The lowest BCUT2D eigenvalue weighted by Gasteiger charge is -2.33. The summed E-state index contributed by atoms with van der Waals surface area (Å²) in [6.45, 7) is 1.84. The first kappa shape index (κ1) is 27.4. The highest BCUT2D eigenvalue weighted by atomic mass is 32.1. The van der Waals surface area contributed by atoms with Gasteiger partial charge in [0.15, 0.2) is 0 Å². The number of thiazole rings is 1. The second-order valence-corrected chi connectivity index (χ2v) is 10.8. The summed E-state index contributed by atoms with van der Waals surface area (Å²) in [6, 6.07) is 10.5. The summed E-state index contributed by atoms with van der Waals surface area (Å²) in [5.74, 6) is -0.0173. The van der Waals surface area contributed by atoms with Gasteiger partial charge >= 0.3 is 6.18 Å². The molecule has 0 spiro atoms. The van der Waals surface area contributed by atoms with Crippen molar-refractivity contribution in [2.75, 3.05) is 10.6 Å². The fourth-order valence-corrected chi connectivity index (χ4v) is 5.88. The van der Waals surface area contributed by atoms with Gasteiger partial charge in [-0.05, 0) is 84.5 Å². The van der Waals surface area contributed by atoms with Gasteiger partial charge in [-0.15, -0.1) is 16.4 Å². The minimum Gasteiger partial charge on any atom is -0.378 e. The van der Waals surface area contributed by atoms with Crippen molar-refractivity contribution in [1.29, 1.82) is 0 Å². The molecule has 1 atom stereocenters. The van der Waals surface area contributed by atoms with Gasteiger partial charge in [-0.2, -0.15) is 18.4 Å². The number of aromatic amines is 1. The van der Waals surface area contributed by atoms with E-state index in [-0.39, 0.29) is 11.8 Å². The number of carbonyl (C=O) groups is 1. The molecule has 0 radical (unpaired) electrons. The van der Waals surface area contributed by atoms with Crippen LogP contribution in [-0.2, 0) is 18.2 Å². The fourth-order valence-electron chi connectivity index (χ4n) is 4.87. The Morgan fingerprint density at radius 1 is 1.12 bits per heavy atom. The number of H-pyrrole nitrogens is 1. The molecule has 0 unspecified atom stereocenters. The predicted octanol–water partition coefficient (Wildman–Crippen LogP) is 5.01. The van der Waals surface area contributed by atoms with E-state index in [4.69, 9.17) is 0 Å². The number of halogens is 3. The van der Waals surface area contributed by atoms with Crippen molar-refractivity contribution < 1.29 is 23.1 Å². The van der Waals surface area contributed by atoms with Crippen LogP contribution in [0.2, 0.25) is 0 Å². The molecule has 4 aromatic heterocycles. The zero-order valence-electron chi connectivity index (χ0n) is 21.9. The number of aryl methyl sites for hydroxylation is 2. The molecule has 1 amide bonds. The largest absolute Gasteiger partial charge is 0.416 e. The summed E-state index contributed by atoms with van der Waals surface area (Å²) >= 11 is 1.28. The molecular weight excluding hydrogens is 571 g/mol. The van der Waals surface area contributed by atoms with Gasteiger partial charge in [-0.1, -0.05) is 11.2 Å². The molecule has 4 N–H and O–H groups in total. The summed E-state index contributed by atoms with van der Waals surface area (Å²) in [5, 5.41) is 30.9. The molecular formula is C27H22F3N9O2S. The van der Waals surface area contributed by atoms with E-state index in [1.807, 2.05) is 13.0 Å². The molecule has 6 rings (SSSR count). The quantitative estimate of drug-likeness (QED) is 0.213. The summed E-state index contributed by atoms with van der Waals surface area (Å²) in [5.41, 5.74) is 1.06. The first-order valence-electron chi connectivity index (χ1n) is 12.7. The van der Waals surface area contributed by atoms with Crippen molar-refractivity contribution in [1.82, 2.24) is 35.6 Å². The number of carbonyl (C=O) groups excluding carboxylic acids is 1. The first-order valence-corrected chi connectivity index (χ1v) is 13.6. The van der Waals surface area contributed by atoms with Crippen LogP contribution < -0.4 is 10.6 Å². The van der Waals surface area contributed by atoms with E-state index in [1.54, 1.807) is 30.5 Å². The monoisotopic (exact) mass is 593 g/mol. The number of aromatic nitrogens is 7. The van der Waals surface area contributed by atoms with Gasteiger partial charge in [0, 0.05) is 18.0 Å². The lowest BCUT2D eigenvalue weighted by Crippen LogP contribution is -2.32. The number of aliphatic hydroxyl groups is 1. The van der Waals surface area contributed by atoms with Crippen LogP contribution in [0.3, 0.4) is 0 Å². The maximum absolute atomic E-state index is 13.1. The first-order chi connectivity index (χ1) is 20.1. The van der Waals surface area contributed by atoms with Crippen molar-refractivity contribution in [3.8, 4) is 10.6 Å². The highest BCUT2D eigenvalue weighted by Crippen LogP contribution is 2.44. The molecule has 42 heavy (non-hydrogen) atoms. The number of tetrazole rings is 1. The molecule has 4 heterocycles. The zero-order valence-corrected chi connectivity index (χ0v) is 22.7. The van der Waals surface area contributed by atoms with Gasteiger partial charge in [-0.25, -0.2) is 15.0 Å². The van der Waals surface area contributed by atoms with Crippen molar-refractivity contribution >= 4 is 34.8 Å². The zero-order chi connectivity index (χ0) is 29.5. The molecule has 5 aromatic rings. The number of nitrogens with zero attached hydrogens (tertiary/aromatic N) is 6. The molecule has 0 saturated carbocycles. The Morgan fingerprint density at radius 3 is 2.76 bits per heavy atom. The number of pyridine rings is 2. The molecule has 15 heteroatoms. The molecule has 0 fully saturated rings. The van der Waals surface area contributed by atoms with Gasteiger partial charge in [-0.3, -0.25) is 10.1 Å². The van der Waals surface area contributed by atoms with Crippen LogP contribution in [-0.4, -0.2) is 46.6 Å². The highest BCUT2D eigenvalue weighted by molar-refractivity contribution is 7.15. The highest BCUT2D eigenvalue weighted by Gasteiger charge is 2.39. The average molecular weight is 594 g/mol. The van der Waals surface area contributed by atoms with Gasteiger partial charge in [0.1, 0.15) is 22.2 Å². The number of fused-ring (bicyclic) bond motifs is 1. The third-order valence-electron chi connectivity index (χ3n) is 6.79. The van der Waals surface area contributed by atoms with E-state index in [0.29, 0.717) is 51.8 Å².